The fraction of sp³-hybridized carbons (Fsp3) is 0.932. The van der Waals surface area contributed by atoms with Gasteiger partial charge in [0, 0.05) is 0 Å². The van der Waals surface area contributed by atoms with E-state index in [1.165, 1.54) is 96.3 Å². The standard InChI is InChI=1S/C44H85NO10/c1-3-5-7-9-11-12-13-14-15-16-17-18-19-20-21-22-23-24-26-28-30-32-37(48)43(53)45-35(39(49)36(47)31-29-27-25-10-8-6-4-2)34-54-44-42(52)41(51)40(50)38(33-46)55-44/h19-20,35-42,44,46-52H,3-18,21-34H2,1-2H3,(H,45,53)/b20-19-. The van der Waals surface area contributed by atoms with Crippen molar-refractivity contribution in [1.29, 1.82) is 0 Å². The zero-order valence-corrected chi connectivity index (χ0v) is 34.9. The second-order valence-electron chi connectivity index (χ2n) is 16.1. The second kappa shape index (κ2) is 34.9. The molecule has 1 heterocycles. The van der Waals surface area contributed by atoms with Crippen molar-refractivity contribution in [3.63, 3.8) is 0 Å². The average molecular weight is 788 g/mol. The van der Waals surface area contributed by atoms with Gasteiger partial charge in [-0.15, -0.1) is 0 Å². The van der Waals surface area contributed by atoms with Crippen LogP contribution in [0.1, 0.15) is 194 Å². The molecule has 0 aromatic rings. The number of hydrogen-bond donors (Lipinski definition) is 8. The van der Waals surface area contributed by atoms with E-state index in [1.807, 2.05) is 0 Å². The maximum absolute atomic E-state index is 13.0. The van der Waals surface area contributed by atoms with E-state index in [-0.39, 0.29) is 6.42 Å². The quantitative estimate of drug-likeness (QED) is 0.0243. The van der Waals surface area contributed by atoms with Gasteiger partial charge in [0.2, 0.25) is 5.91 Å². The molecule has 1 rings (SSSR count). The minimum absolute atomic E-state index is 0.255. The zero-order valence-electron chi connectivity index (χ0n) is 34.9. The van der Waals surface area contributed by atoms with Crippen LogP contribution in [0.15, 0.2) is 12.2 Å². The molecule has 0 spiro atoms. The van der Waals surface area contributed by atoms with Crippen LogP contribution in [-0.4, -0.2) is 110 Å². The normalized spacial score (nSPS) is 22.5. The Morgan fingerprint density at radius 2 is 1.05 bits per heavy atom. The first-order valence-electron chi connectivity index (χ1n) is 22.6. The maximum Gasteiger partial charge on any atom is 0.249 e. The van der Waals surface area contributed by atoms with Gasteiger partial charge in [0.15, 0.2) is 6.29 Å². The molecule has 0 radical (unpaired) electrons. The lowest BCUT2D eigenvalue weighted by Gasteiger charge is -2.40. The minimum atomic E-state index is -1.66. The summed E-state index contributed by atoms with van der Waals surface area (Å²) >= 11 is 0. The summed E-state index contributed by atoms with van der Waals surface area (Å²) in [6, 6.07) is -1.16. The Balaban J connectivity index is 2.35. The van der Waals surface area contributed by atoms with Crippen molar-refractivity contribution >= 4 is 5.91 Å². The van der Waals surface area contributed by atoms with Crippen LogP contribution in [0.5, 0.6) is 0 Å². The van der Waals surface area contributed by atoms with E-state index in [4.69, 9.17) is 9.47 Å². The number of rotatable bonds is 37. The van der Waals surface area contributed by atoms with Crippen LogP contribution < -0.4 is 5.32 Å². The van der Waals surface area contributed by atoms with E-state index >= 15 is 0 Å². The highest BCUT2D eigenvalue weighted by atomic mass is 16.7. The third kappa shape index (κ3) is 25.1. The smallest absolute Gasteiger partial charge is 0.249 e. The first-order chi connectivity index (χ1) is 26.7. The Labute approximate surface area is 334 Å². The SMILES string of the molecule is CCCCCCCCCCCCC/C=C\CCCCCCCCC(O)C(=O)NC(COC1OC(CO)C(O)C(O)C1O)C(O)C(O)CCCCCCCCC. The molecule has 0 bridgehead atoms. The van der Waals surface area contributed by atoms with Crippen molar-refractivity contribution in [2.75, 3.05) is 13.2 Å². The molecule has 1 saturated heterocycles. The van der Waals surface area contributed by atoms with Crippen molar-refractivity contribution in [2.45, 2.75) is 249 Å². The topological polar surface area (TPSA) is 189 Å². The number of allylic oxidation sites excluding steroid dienone is 2. The van der Waals surface area contributed by atoms with Gasteiger partial charge in [-0.1, -0.05) is 167 Å². The summed E-state index contributed by atoms with van der Waals surface area (Å²) < 4.78 is 11.0. The molecule has 9 atom stereocenters. The van der Waals surface area contributed by atoms with E-state index in [0.29, 0.717) is 19.3 Å². The average Bonchev–Trinajstić information content (AvgIpc) is 3.18. The Morgan fingerprint density at radius 1 is 0.618 bits per heavy atom. The van der Waals surface area contributed by atoms with Gasteiger partial charge < -0.3 is 50.5 Å². The van der Waals surface area contributed by atoms with Gasteiger partial charge in [-0.05, 0) is 38.5 Å². The molecule has 8 N–H and O–H groups in total. The van der Waals surface area contributed by atoms with E-state index in [1.54, 1.807) is 0 Å². The van der Waals surface area contributed by atoms with Crippen molar-refractivity contribution in [2.24, 2.45) is 0 Å². The van der Waals surface area contributed by atoms with Crippen molar-refractivity contribution in [1.82, 2.24) is 5.32 Å². The molecule has 0 aromatic carbocycles. The molecule has 1 fully saturated rings. The molecule has 0 aliphatic carbocycles. The van der Waals surface area contributed by atoms with Gasteiger partial charge in [-0.3, -0.25) is 4.79 Å². The van der Waals surface area contributed by atoms with E-state index in [0.717, 1.165) is 57.8 Å². The van der Waals surface area contributed by atoms with E-state index in [9.17, 15) is 40.5 Å². The third-order valence-corrected chi connectivity index (χ3v) is 11.1. The molecule has 55 heavy (non-hydrogen) atoms. The lowest BCUT2D eigenvalue weighted by atomic mass is 9.98. The summed E-state index contributed by atoms with van der Waals surface area (Å²) in [7, 11) is 0. The third-order valence-electron chi connectivity index (χ3n) is 11.1. The lowest BCUT2D eigenvalue weighted by Crippen LogP contribution is -2.60. The molecule has 9 unspecified atom stereocenters. The number of aliphatic hydroxyl groups is 7. The fourth-order valence-corrected chi connectivity index (χ4v) is 7.26. The highest BCUT2D eigenvalue weighted by Crippen LogP contribution is 2.23. The van der Waals surface area contributed by atoms with Crippen LogP contribution in [0.4, 0.5) is 0 Å². The van der Waals surface area contributed by atoms with Crippen molar-refractivity contribution in [3.8, 4) is 0 Å². The van der Waals surface area contributed by atoms with Crippen LogP contribution in [0.3, 0.4) is 0 Å². The molecule has 326 valence electrons. The van der Waals surface area contributed by atoms with Gasteiger partial charge in [0.05, 0.1) is 25.4 Å². The number of carbonyl (C=O) groups excluding carboxylic acids is 1. The van der Waals surface area contributed by atoms with Crippen molar-refractivity contribution < 1.29 is 50.0 Å². The Morgan fingerprint density at radius 3 is 1.53 bits per heavy atom. The number of nitrogens with one attached hydrogen (secondary N) is 1. The highest BCUT2D eigenvalue weighted by Gasteiger charge is 2.44. The van der Waals surface area contributed by atoms with Crippen LogP contribution in [0.25, 0.3) is 0 Å². The summed E-state index contributed by atoms with van der Waals surface area (Å²) in [5, 5.41) is 75.2. The van der Waals surface area contributed by atoms with Gasteiger partial charge >= 0.3 is 0 Å². The van der Waals surface area contributed by atoms with Crippen molar-refractivity contribution in [3.05, 3.63) is 12.2 Å². The van der Waals surface area contributed by atoms with Gasteiger partial charge in [-0.25, -0.2) is 0 Å². The zero-order chi connectivity index (χ0) is 40.5. The molecule has 11 nitrogen and oxygen atoms in total. The van der Waals surface area contributed by atoms with Crippen LogP contribution in [-0.2, 0) is 14.3 Å². The monoisotopic (exact) mass is 788 g/mol. The van der Waals surface area contributed by atoms with Crippen LogP contribution in [0.2, 0.25) is 0 Å². The number of hydrogen-bond acceptors (Lipinski definition) is 10. The number of unbranched alkanes of at least 4 members (excludes halogenated alkanes) is 23. The first-order valence-corrected chi connectivity index (χ1v) is 22.6. The molecule has 11 heteroatoms. The highest BCUT2D eigenvalue weighted by molar-refractivity contribution is 5.80. The predicted octanol–water partition coefficient (Wildman–Crippen LogP) is 6.89. The van der Waals surface area contributed by atoms with Gasteiger partial charge in [0.1, 0.15) is 36.6 Å². The predicted molar refractivity (Wildman–Crippen MR) is 219 cm³/mol. The summed E-state index contributed by atoms with van der Waals surface area (Å²) in [5.41, 5.74) is 0. The molecular formula is C44H85NO10. The molecule has 1 amide bonds. The Kier molecular flexibility index (Phi) is 32.9. The van der Waals surface area contributed by atoms with E-state index in [2.05, 4.69) is 31.3 Å². The first kappa shape index (κ1) is 51.9. The maximum atomic E-state index is 13.0. The largest absolute Gasteiger partial charge is 0.394 e. The number of carbonyl (C=O) groups is 1. The van der Waals surface area contributed by atoms with E-state index < -0.39 is 74.2 Å². The number of aliphatic hydroxyl groups excluding tert-OH is 7. The summed E-state index contributed by atoms with van der Waals surface area (Å²) in [6.07, 6.45) is 24.4. The molecule has 0 saturated carbocycles. The summed E-state index contributed by atoms with van der Waals surface area (Å²) in [6.45, 7) is 3.37. The summed E-state index contributed by atoms with van der Waals surface area (Å²) in [5.74, 6) is -0.704. The number of ether oxygens (including phenoxy) is 2. The lowest BCUT2D eigenvalue weighted by molar-refractivity contribution is -0.303. The Hall–Kier alpha value is -1.15. The molecule has 1 aliphatic heterocycles. The minimum Gasteiger partial charge on any atom is -0.394 e. The Bertz CT molecular complexity index is 908. The van der Waals surface area contributed by atoms with Crippen LogP contribution in [0, 0.1) is 0 Å². The molecule has 0 aromatic heterocycles. The second-order valence-corrected chi connectivity index (χ2v) is 16.1. The van der Waals surface area contributed by atoms with Gasteiger partial charge in [0.25, 0.3) is 0 Å². The number of amides is 1. The molecular weight excluding hydrogens is 702 g/mol. The van der Waals surface area contributed by atoms with Gasteiger partial charge in [-0.2, -0.15) is 0 Å². The molecule has 1 aliphatic rings. The summed E-state index contributed by atoms with van der Waals surface area (Å²) in [4.78, 5) is 13.0. The fourth-order valence-electron chi connectivity index (χ4n) is 7.26. The van der Waals surface area contributed by atoms with Crippen LogP contribution >= 0.6 is 0 Å².